The average Bonchev–Trinajstić information content (AvgIpc) is 2.59. The molecule has 1 nitrogen and oxygen atoms in total. The third-order valence-corrected chi connectivity index (χ3v) is 4.78. The monoisotopic (exact) mass is 299 g/mol. The highest BCUT2D eigenvalue weighted by molar-refractivity contribution is 5.33. The third-order valence-electron chi connectivity index (χ3n) is 4.78. The van der Waals surface area contributed by atoms with Crippen molar-refractivity contribution in [2.75, 3.05) is 6.67 Å². The van der Waals surface area contributed by atoms with Gasteiger partial charge in [0.1, 0.15) is 0 Å². The van der Waals surface area contributed by atoms with Crippen LogP contribution in [-0.4, -0.2) is 6.67 Å². The first-order valence-electron chi connectivity index (χ1n) is 8.54. The predicted molar refractivity (Wildman–Crippen MR) is 89.4 cm³/mol. The molecular weight excluding hydrogens is 273 g/mol. The molecule has 0 amide bonds. The molecule has 1 aliphatic rings. The summed E-state index contributed by atoms with van der Waals surface area (Å²) in [6.07, 6.45) is 13.5. The second-order valence-corrected chi connectivity index (χ2v) is 6.33. The lowest BCUT2D eigenvalue weighted by Crippen LogP contribution is -2.13. The molecule has 118 valence electrons. The normalized spacial score (nSPS) is 21.8. The Labute approximate surface area is 133 Å². The van der Waals surface area contributed by atoms with E-state index in [1.807, 2.05) is 18.2 Å². The van der Waals surface area contributed by atoms with Gasteiger partial charge in [-0.15, -0.1) is 0 Å². The summed E-state index contributed by atoms with van der Waals surface area (Å²) in [6, 6.07) is 10.3. The molecule has 0 unspecified atom stereocenters. The molecule has 1 fully saturated rings. The number of alkyl halides is 1. The van der Waals surface area contributed by atoms with Crippen LogP contribution in [0.3, 0.4) is 0 Å². The molecule has 0 spiro atoms. The summed E-state index contributed by atoms with van der Waals surface area (Å²) in [5, 5.41) is 8.85. The molecule has 2 rings (SSSR count). The lowest BCUT2D eigenvalue weighted by Gasteiger charge is -2.28. The van der Waals surface area contributed by atoms with E-state index in [1.54, 1.807) is 0 Å². The van der Waals surface area contributed by atoms with Gasteiger partial charge in [-0.1, -0.05) is 30.7 Å². The maximum atomic E-state index is 11.9. The van der Waals surface area contributed by atoms with E-state index < -0.39 is 0 Å². The van der Waals surface area contributed by atoms with Crippen molar-refractivity contribution in [3.63, 3.8) is 0 Å². The predicted octanol–water partition coefficient (Wildman–Crippen LogP) is 5.92. The Kier molecular flexibility index (Phi) is 7.16. The van der Waals surface area contributed by atoms with E-state index in [-0.39, 0.29) is 6.67 Å². The number of benzene rings is 1. The van der Waals surface area contributed by atoms with Crippen molar-refractivity contribution in [3.8, 4) is 6.07 Å². The first-order valence-corrected chi connectivity index (χ1v) is 8.54. The van der Waals surface area contributed by atoms with Crippen molar-refractivity contribution < 1.29 is 4.39 Å². The van der Waals surface area contributed by atoms with Gasteiger partial charge >= 0.3 is 0 Å². The van der Waals surface area contributed by atoms with Crippen molar-refractivity contribution in [3.05, 3.63) is 47.5 Å². The lowest BCUT2D eigenvalue weighted by molar-refractivity contribution is 0.305. The second-order valence-electron chi connectivity index (χ2n) is 6.33. The SMILES string of the molecule is N#Cc1ccc([C@H]2CC[C@H](CCC/C=C/CCF)CC2)cc1. The topological polar surface area (TPSA) is 23.8 Å². The standard InChI is InChI=1S/C20H26FN/c21-15-5-3-1-2-4-6-17-7-11-19(12-8-17)20-13-9-18(16-22)10-14-20/h1,3,9-10,13-14,17,19H,2,4-8,11-12,15H2/b3-1+/t17-,19-. The molecule has 0 aliphatic heterocycles. The molecular formula is C20H26FN. The molecule has 1 aromatic rings. The number of unbranched alkanes of at least 4 members (excludes halogenated alkanes) is 1. The molecule has 1 aliphatic carbocycles. The van der Waals surface area contributed by atoms with Gasteiger partial charge in [-0.25, -0.2) is 0 Å². The van der Waals surface area contributed by atoms with Crippen LogP contribution < -0.4 is 0 Å². The van der Waals surface area contributed by atoms with Gasteiger partial charge in [0.15, 0.2) is 0 Å². The number of nitrogens with zero attached hydrogens (tertiary/aromatic N) is 1. The van der Waals surface area contributed by atoms with Gasteiger partial charge < -0.3 is 0 Å². The minimum atomic E-state index is -0.240. The number of rotatable bonds is 7. The molecule has 0 radical (unpaired) electrons. The van der Waals surface area contributed by atoms with Gasteiger partial charge in [-0.05, 0) is 74.5 Å². The summed E-state index contributed by atoms with van der Waals surface area (Å²) in [5.74, 6) is 1.54. The fourth-order valence-corrected chi connectivity index (χ4v) is 3.44. The van der Waals surface area contributed by atoms with E-state index in [9.17, 15) is 4.39 Å². The van der Waals surface area contributed by atoms with E-state index in [4.69, 9.17) is 5.26 Å². The zero-order chi connectivity index (χ0) is 15.6. The summed E-state index contributed by atoms with van der Waals surface area (Å²) >= 11 is 0. The van der Waals surface area contributed by atoms with Gasteiger partial charge in [-0.3, -0.25) is 4.39 Å². The number of allylic oxidation sites excluding steroid dienone is 2. The van der Waals surface area contributed by atoms with E-state index in [1.165, 1.54) is 44.1 Å². The van der Waals surface area contributed by atoms with Crippen LogP contribution in [0.1, 0.15) is 68.4 Å². The zero-order valence-corrected chi connectivity index (χ0v) is 13.3. The van der Waals surface area contributed by atoms with Crippen molar-refractivity contribution in [2.45, 2.75) is 57.3 Å². The number of hydrogen-bond donors (Lipinski definition) is 0. The Morgan fingerprint density at radius 1 is 1.05 bits per heavy atom. The van der Waals surface area contributed by atoms with Crippen LogP contribution in [0.2, 0.25) is 0 Å². The molecule has 0 saturated heterocycles. The van der Waals surface area contributed by atoms with Crippen LogP contribution >= 0.6 is 0 Å². The average molecular weight is 299 g/mol. The summed E-state index contributed by atoms with van der Waals surface area (Å²) in [4.78, 5) is 0. The van der Waals surface area contributed by atoms with Crippen molar-refractivity contribution in [2.24, 2.45) is 5.92 Å². The van der Waals surface area contributed by atoms with Crippen molar-refractivity contribution >= 4 is 0 Å². The summed E-state index contributed by atoms with van der Waals surface area (Å²) in [6.45, 7) is -0.240. The van der Waals surface area contributed by atoms with E-state index in [2.05, 4.69) is 24.3 Å². The Balaban J connectivity index is 1.68. The van der Waals surface area contributed by atoms with Crippen LogP contribution in [0.25, 0.3) is 0 Å². The van der Waals surface area contributed by atoms with Crippen LogP contribution in [0, 0.1) is 17.2 Å². The lowest BCUT2D eigenvalue weighted by atomic mass is 9.77. The van der Waals surface area contributed by atoms with Gasteiger partial charge in [-0.2, -0.15) is 5.26 Å². The minimum Gasteiger partial charge on any atom is -0.251 e. The molecule has 0 aromatic heterocycles. The summed E-state index contributed by atoms with van der Waals surface area (Å²) in [5.41, 5.74) is 2.14. The molecule has 0 atom stereocenters. The number of nitriles is 1. The van der Waals surface area contributed by atoms with E-state index >= 15 is 0 Å². The van der Waals surface area contributed by atoms with Gasteiger partial charge in [0, 0.05) is 0 Å². The maximum absolute atomic E-state index is 11.9. The molecule has 2 heteroatoms. The Morgan fingerprint density at radius 2 is 1.73 bits per heavy atom. The highest BCUT2D eigenvalue weighted by Gasteiger charge is 2.21. The fourth-order valence-electron chi connectivity index (χ4n) is 3.44. The quantitative estimate of drug-likeness (QED) is 0.453. The van der Waals surface area contributed by atoms with Crippen molar-refractivity contribution in [1.29, 1.82) is 5.26 Å². The third kappa shape index (κ3) is 5.30. The largest absolute Gasteiger partial charge is 0.251 e. The van der Waals surface area contributed by atoms with Gasteiger partial charge in [0.25, 0.3) is 0 Å². The molecule has 0 N–H and O–H groups in total. The van der Waals surface area contributed by atoms with E-state index in [0.29, 0.717) is 12.3 Å². The van der Waals surface area contributed by atoms with Gasteiger partial charge in [0.05, 0.1) is 18.3 Å². The molecule has 22 heavy (non-hydrogen) atoms. The fraction of sp³-hybridized carbons (Fsp3) is 0.550. The van der Waals surface area contributed by atoms with Crippen LogP contribution in [0.4, 0.5) is 4.39 Å². The molecule has 0 heterocycles. The molecule has 1 saturated carbocycles. The Hall–Kier alpha value is -1.62. The number of hydrogen-bond acceptors (Lipinski definition) is 1. The highest BCUT2D eigenvalue weighted by Crippen LogP contribution is 2.37. The van der Waals surface area contributed by atoms with E-state index in [0.717, 1.165) is 17.9 Å². The minimum absolute atomic E-state index is 0.240. The number of halogens is 1. The second kappa shape index (κ2) is 9.41. The van der Waals surface area contributed by atoms with Crippen molar-refractivity contribution in [1.82, 2.24) is 0 Å². The molecule has 0 bridgehead atoms. The smallest absolute Gasteiger partial charge is 0.0991 e. The van der Waals surface area contributed by atoms with Crippen LogP contribution in [-0.2, 0) is 0 Å². The van der Waals surface area contributed by atoms with Crippen LogP contribution in [0.5, 0.6) is 0 Å². The first kappa shape index (κ1) is 16.7. The highest BCUT2D eigenvalue weighted by atomic mass is 19.1. The summed E-state index contributed by atoms with van der Waals surface area (Å²) < 4.78 is 11.9. The maximum Gasteiger partial charge on any atom is 0.0991 e. The zero-order valence-electron chi connectivity index (χ0n) is 13.3. The van der Waals surface area contributed by atoms with Gasteiger partial charge in [0.2, 0.25) is 0 Å². The summed E-state index contributed by atoms with van der Waals surface area (Å²) in [7, 11) is 0. The van der Waals surface area contributed by atoms with Crippen LogP contribution in [0.15, 0.2) is 36.4 Å². The Morgan fingerprint density at radius 3 is 2.36 bits per heavy atom. The Bertz CT molecular complexity index is 489. The molecule has 1 aromatic carbocycles. The first-order chi connectivity index (χ1) is 10.8.